The van der Waals surface area contributed by atoms with E-state index in [1.54, 1.807) is 7.11 Å². The van der Waals surface area contributed by atoms with Crippen LogP contribution in [-0.4, -0.2) is 42.3 Å². The lowest BCUT2D eigenvalue weighted by molar-refractivity contribution is -0.137. The van der Waals surface area contributed by atoms with E-state index in [4.69, 9.17) is 14.6 Å². The fourth-order valence-electron chi connectivity index (χ4n) is 2.37. The number of hydrogen-bond acceptors (Lipinski definition) is 4. The van der Waals surface area contributed by atoms with Crippen molar-refractivity contribution in [2.75, 3.05) is 20.2 Å². The molecule has 0 radical (unpaired) electrons. The minimum absolute atomic E-state index is 0.0958. The van der Waals surface area contributed by atoms with E-state index in [0.29, 0.717) is 13.1 Å². The lowest BCUT2D eigenvalue weighted by Crippen LogP contribution is -2.33. The van der Waals surface area contributed by atoms with Gasteiger partial charge in [0.1, 0.15) is 17.6 Å². The van der Waals surface area contributed by atoms with Crippen molar-refractivity contribution in [1.29, 1.82) is 0 Å². The summed E-state index contributed by atoms with van der Waals surface area (Å²) in [6.45, 7) is 4.05. The Bertz CT molecular complexity index is 475. The maximum absolute atomic E-state index is 10.7. The van der Waals surface area contributed by atoms with Gasteiger partial charge in [0.05, 0.1) is 13.5 Å². The van der Waals surface area contributed by atoms with Gasteiger partial charge < -0.3 is 14.6 Å². The average molecular weight is 279 g/mol. The van der Waals surface area contributed by atoms with Crippen LogP contribution in [0.5, 0.6) is 11.5 Å². The van der Waals surface area contributed by atoms with Gasteiger partial charge in [0, 0.05) is 25.2 Å². The van der Waals surface area contributed by atoms with Gasteiger partial charge in [-0.15, -0.1) is 0 Å². The first kappa shape index (κ1) is 14.7. The number of ether oxygens (including phenoxy) is 2. The number of hydrogen-bond donors (Lipinski definition) is 1. The standard InChI is InChI=1S/C15H21NO4/c1-3-12-10-16(7-6-15(17)18)9-11-8-13(19-2)4-5-14(11)20-12/h4-5,8,12H,3,6-7,9-10H2,1-2H3,(H,17,18)/t12-/m0/s1. The summed E-state index contributed by atoms with van der Waals surface area (Å²) in [6.07, 6.45) is 1.14. The summed E-state index contributed by atoms with van der Waals surface area (Å²) < 4.78 is 11.2. The Balaban J connectivity index is 2.18. The molecule has 1 aromatic rings. The molecule has 1 aliphatic heterocycles. The van der Waals surface area contributed by atoms with E-state index in [1.807, 2.05) is 18.2 Å². The molecule has 0 amide bonds. The van der Waals surface area contributed by atoms with Gasteiger partial charge >= 0.3 is 5.97 Å². The molecule has 0 bridgehead atoms. The Morgan fingerprint density at radius 2 is 2.35 bits per heavy atom. The molecule has 20 heavy (non-hydrogen) atoms. The van der Waals surface area contributed by atoms with Crippen molar-refractivity contribution >= 4 is 5.97 Å². The molecule has 1 aliphatic rings. The molecule has 5 heteroatoms. The van der Waals surface area contributed by atoms with E-state index in [2.05, 4.69) is 11.8 Å². The number of carboxylic acid groups (broad SMARTS) is 1. The summed E-state index contributed by atoms with van der Waals surface area (Å²) in [6, 6.07) is 5.77. The maximum Gasteiger partial charge on any atom is 0.304 e. The van der Waals surface area contributed by atoms with Crippen molar-refractivity contribution in [2.45, 2.75) is 32.4 Å². The number of methoxy groups -OCH3 is 1. The smallest absolute Gasteiger partial charge is 0.304 e. The molecule has 0 fully saturated rings. The molecule has 5 nitrogen and oxygen atoms in total. The average Bonchev–Trinajstić information content (AvgIpc) is 2.62. The highest BCUT2D eigenvalue weighted by Crippen LogP contribution is 2.29. The van der Waals surface area contributed by atoms with Crippen LogP contribution >= 0.6 is 0 Å². The molecule has 1 atom stereocenters. The highest BCUT2D eigenvalue weighted by molar-refractivity contribution is 5.66. The van der Waals surface area contributed by atoms with Crippen molar-refractivity contribution in [2.24, 2.45) is 0 Å². The largest absolute Gasteiger partial charge is 0.497 e. The molecule has 110 valence electrons. The quantitative estimate of drug-likeness (QED) is 0.895. The van der Waals surface area contributed by atoms with Crippen LogP contribution in [0, 0.1) is 0 Å². The number of aliphatic carboxylic acids is 1. The molecule has 0 unspecified atom stereocenters. The van der Waals surface area contributed by atoms with Crippen LogP contribution < -0.4 is 9.47 Å². The van der Waals surface area contributed by atoms with E-state index < -0.39 is 5.97 Å². The molecule has 0 aromatic heterocycles. The van der Waals surface area contributed by atoms with E-state index in [0.717, 1.165) is 30.0 Å². The summed E-state index contributed by atoms with van der Waals surface area (Å²) in [4.78, 5) is 12.9. The first-order valence-electron chi connectivity index (χ1n) is 6.90. The molecule has 0 saturated heterocycles. The van der Waals surface area contributed by atoms with E-state index in [1.165, 1.54) is 0 Å². The monoisotopic (exact) mass is 279 g/mol. The Morgan fingerprint density at radius 3 is 3.00 bits per heavy atom. The van der Waals surface area contributed by atoms with Crippen LogP contribution in [0.25, 0.3) is 0 Å². The third-order valence-electron chi connectivity index (χ3n) is 3.51. The first-order valence-corrected chi connectivity index (χ1v) is 6.90. The highest BCUT2D eigenvalue weighted by Gasteiger charge is 2.22. The summed E-state index contributed by atoms with van der Waals surface area (Å²) in [5.41, 5.74) is 1.05. The molecular weight excluding hydrogens is 258 g/mol. The fraction of sp³-hybridized carbons (Fsp3) is 0.533. The summed E-state index contributed by atoms with van der Waals surface area (Å²) in [7, 11) is 1.64. The van der Waals surface area contributed by atoms with Crippen molar-refractivity contribution in [3.8, 4) is 11.5 Å². The zero-order chi connectivity index (χ0) is 14.5. The van der Waals surface area contributed by atoms with E-state index >= 15 is 0 Å². The predicted molar refractivity (Wildman–Crippen MR) is 75.2 cm³/mol. The topological polar surface area (TPSA) is 59.0 Å². The van der Waals surface area contributed by atoms with Gasteiger partial charge in [-0.1, -0.05) is 6.92 Å². The summed E-state index contributed by atoms with van der Waals surface area (Å²) in [5, 5.41) is 8.84. The molecule has 0 aliphatic carbocycles. The van der Waals surface area contributed by atoms with Crippen LogP contribution in [0.3, 0.4) is 0 Å². The van der Waals surface area contributed by atoms with E-state index in [9.17, 15) is 4.79 Å². The fourth-order valence-corrected chi connectivity index (χ4v) is 2.37. The molecular formula is C15H21NO4. The highest BCUT2D eigenvalue weighted by atomic mass is 16.5. The minimum Gasteiger partial charge on any atom is -0.497 e. The third-order valence-corrected chi connectivity index (χ3v) is 3.51. The van der Waals surface area contributed by atoms with E-state index in [-0.39, 0.29) is 12.5 Å². The number of nitrogens with zero attached hydrogens (tertiary/aromatic N) is 1. The van der Waals surface area contributed by atoms with Gasteiger partial charge in [-0.05, 0) is 24.6 Å². The molecule has 1 N–H and O–H groups in total. The molecule has 2 rings (SSSR count). The van der Waals surface area contributed by atoms with Crippen molar-refractivity contribution in [3.63, 3.8) is 0 Å². The van der Waals surface area contributed by atoms with Crippen LogP contribution in [0.15, 0.2) is 18.2 Å². The molecule has 0 spiro atoms. The van der Waals surface area contributed by atoms with Gasteiger partial charge in [0.25, 0.3) is 0 Å². The minimum atomic E-state index is -0.769. The first-order chi connectivity index (χ1) is 9.62. The van der Waals surface area contributed by atoms with Crippen LogP contribution in [-0.2, 0) is 11.3 Å². The predicted octanol–water partition coefficient (Wildman–Crippen LogP) is 2.14. The maximum atomic E-state index is 10.7. The van der Waals surface area contributed by atoms with Crippen molar-refractivity contribution < 1.29 is 19.4 Å². The lowest BCUT2D eigenvalue weighted by atomic mass is 10.1. The summed E-state index contributed by atoms with van der Waals surface area (Å²) in [5.74, 6) is 0.894. The van der Waals surface area contributed by atoms with Crippen LogP contribution in [0.1, 0.15) is 25.3 Å². The molecule has 1 heterocycles. The lowest BCUT2D eigenvalue weighted by Gasteiger charge is -2.22. The van der Waals surface area contributed by atoms with Crippen molar-refractivity contribution in [3.05, 3.63) is 23.8 Å². The zero-order valence-corrected chi connectivity index (χ0v) is 12.0. The normalized spacial score (nSPS) is 18.8. The second kappa shape index (κ2) is 6.61. The number of benzene rings is 1. The second-order valence-electron chi connectivity index (χ2n) is 5.00. The second-order valence-corrected chi connectivity index (χ2v) is 5.00. The van der Waals surface area contributed by atoms with Gasteiger partial charge in [-0.25, -0.2) is 0 Å². The number of carboxylic acids is 1. The third kappa shape index (κ3) is 3.63. The SMILES string of the molecule is CC[C@H]1CN(CCC(=O)O)Cc2cc(OC)ccc2O1. The summed E-state index contributed by atoms with van der Waals surface area (Å²) >= 11 is 0. The Kier molecular flexibility index (Phi) is 4.84. The van der Waals surface area contributed by atoms with Gasteiger partial charge in [0.15, 0.2) is 0 Å². The van der Waals surface area contributed by atoms with Gasteiger partial charge in [0.2, 0.25) is 0 Å². The number of rotatable bonds is 5. The Morgan fingerprint density at radius 1 is 1.55 bits per heavy atom. The van der Waals surface area contributed by atoms with Crippen molar-refractivity contribution in [1.82, 2.24) is 4.90 Å². The number of carbonyl (C=O) groups is 1. The zero-order valence-electron chi connectivity index (χ0n) is 12.0. The Hall–Kier alpha value is -1.75. The Labute approximate surface area is 119 Å². The van der Waals surface area contributed by atoms with Crippen LogP contribution in [0.4, 0.5) is 0 Å². The van der Waals surface area contributed by atoms with Gasteiger partial charge in [-0.2, -0.15) is 0 Å². The molecule has 0 saturated carbocycles. The molecule has 1 aromatic carbocycles. The van der Waals surface area contributed by atoms with Crippen LogP contribution in [0.2, 0.25) is 0 Å². The van der Waals surface area contributed by atoms with Gasteiger partial charge in [-0.3, -0.25) is 9.69 Å². The number of fused-ring (bicyclic) bond motifs is 1.